The first-order chi connectivity index (χ1) is 13.3. The molecule has 1 amide bonds. The second-order valence-corrected chi connectivity index (χ2v) is 8.27. The van der Waals surface area contributed by atoms with E-state index in [1.807, 2.05) is 55.4 Å². The summed E-state index contributed by atoms with van der Waals surface area (Å²) in [6.07, 6.45) is 0.968. The fraction of sp³-hybridized carbons (Fsp3) is 0.409. The van der Waals surface area contributed by atoms with Gasteiger partial charge in [0, 0.05) is 50.2 Å². The monoisotopic (exact) mass is 380 g/mol. The predicted octanol–water partition coefficient (Wildman–Crippen LogP) is 3.73. The van der Waals surface area contributed by atoms with E-state index in [2.05, 4.69) is 42.2 Å². The van der Waals surface area contributed by atoms with Gasteiger partial charge in [0.25, 0.3) is 0 Å². The lowest BCUT2D eigenvalue weighted by molar-refractivity contribution is 0.215. The van der Waals surface area contributed by atoms with Crippen LogP contribution in [0.25, 0.3) is 0 Å². The summed E-state index contributed by atoms with van der Waals surface area (Å²) in [4.78, 5) is 19.1. The quantitative estimate of drug-likeness (QED) is 0.879. The molecule has 1 unspecified atom stereocenters. The van der Waals surface area contributed by atoms with Gasteiger partial charge in [0.15, 0.2) is 0 Å². The molecule has 2 atom stereocenters. The zero-order valence-corrected chi connectivity index (χ0v) is 17.2. The lowest BCUT2D eigenvalue weighted by Gasteiger charge is -2.32. The number of carbonyl (C=O) groups excluding carboxylic acids is 1. The van der Waals surface area contributed by atoms with Crippen molar-refractivity contribution in [1.82, 2.24) is 4.90 Å². The molecule has 0 aromatic heterocycles. The molecule has 2 aliphatic rings. The van der Waals surface area contributed by atoms with Gasteiger partial charge in [-0.3, -0.25) is 10.2 Å². The number of nitrogens with one attached hydrogen (secondary N) is 1. The molecule has 6 heteroatoms. The Labute approximate surface area is 166 Å². The molecule has 0 radical (unpaired) electrons. The molecule has 1 fully saturated rings. The molecule has 2 aliphatic heterocycles. The Morgan fingerprint density at radius 1 is 1.18 bits per heavy atom. The van der Waals surface area contributed by atoms with Crippen LogP contribution in [0.5, 0.6) is 5.75 Å². The molecular formula is C22H28N4O2. The van der Waals surface area contributed by atoms with Crippen LogP contribution in [-0.2, 0) is 5.41 Å². The number of amides is 1. The van der Waals surface area contributed by atoms with Gasteiger partial charge in [-0.1, -0.05) is 6.92 Å². The smallest absolute Gasteiger partial charge is 0.410 e. The van der Waals surface area contributed by atoms with E-state index in [0.717, 1.165) is 18.7 Å². The molecule has 28 heavy (non-hydrogen) atoms. The highest BCUT2D eigenvalue weighted by atomic mass is 16.6. The van der Waals surface area contributed by atoms with Gasteiger partial charge in [-0.2, -0.15) is 0 Å². The number of likely N-dealkylation sites (N-methyl/N-ethyl adjacent to an activating group) is 2. The average Bonchev–Trinajstić information content (AvgIpc) is 3.07. The van der Waals surface area contributed by atoms with Crippen molar-refractivity contribution in [3.8, 4) is 5.75 Å². The summed E-state index contributed by atoms with van der Waals surface area (Å²) in [6.45, 7) is 3.37. The van der Waals surface area contributed by atoms with E-state index in [-0.39, 0.29) is 5.41 Å². The number of carbonyl (C=O) groups is 1. The number of ether oxygens (including phenoxy) is 1. The number of rotatable bonds is 3. The fourth-order valence-electron chi connectivity index (χ4n) is 4.71. The summed E-state index contributed by atoms with van der Waals surface area (Å²) in [5.74, 6) is 0.575. The Hall–Kier alpha value is -2.73. The Kier molecular flexibility index (Phi) is 4.46. The topological polar surface area (TPSA) is 48.1 Å². The number of fused-ring (bicyclic) bond motifs is 3. The molecule has 2 aromatic rings. The van der Waals surface area contributed by atoms with Gasteiger partial charge >= 0.3 is 6.09 Å². The molecule has 148 valence electrons. The summed E-state index contributed by atoms with van der Waals surface area (Å²) in [6, 6.07) is 13.6. The molecule has 0 aliphatic carbocycles. The van der Waals surface area contributed by atoms with Crippen molar-refractivity contribution in [2.45, 2.75) is 24.9 Å². The van der Waals surface area contributed by atoms with Gasteiger partial charge in [0.2, 0.25) is 0 Å². The van der Waals surface area contributed by atoms with Crippen molar-refractivity contribution < 1.29 is 9.53 Å². The third-order valence-corrected chi connectivity index (χ3v) is 6.14. The second-order valence-electron chi connectivity index (χ2n) is 8.27. The lowest BCUT2D eigenvalue weighted by atomic mass is 9.81. The molecular weight excluding hydrogens is 352 g/mol. The van der Waals surface area contributed by atoms with Crippen molar-refractivity contribution in [3.05, 3.63) is 48.0 Å². The van der Waals surface area contributed by atoms with E-state index in [1.165, 1.54) is 11.3 Å². The third kappa shape index (κ3) is 2.98. The second kappa shape index (κ2) is 6.71. The minimum absolute atomic E-state index is 0.0523. The van der Waals surface area contributed by atoms with Gasteiger partial charge in [-0.05, 0) is 61.5 Å². The summed E-state index contributed by atoms with van der Waals surface area (Å²) in [5.41, 5.74) is 4.31. The first-order valence-corrected chi connectivity index (χ1v) is 9.63. The molecule has 1 N–H and O–H groups in total. The maximum Gasteiger partial charge on any atom is 0.417 e. The Morgan fingerprint density at radius 3 is 2.57 bits per heavy atom. The minimum Gasteiger partial charge on any atom is -0.410 e. The maximum atomic E-state index is 12.4. The first kappa shape index (κ1) is 18.6. The third-order valence-electron chi connectivity index (χ3n) is 6.14. The molecule has 1 saturated heterocycles. The predicted molar refractivity (Wildman–Crippen MR) is 114 cm³/mol. The number of hydrogen-bond donors (Lipinski definition) is 1. The van der Waals surface area contributed by atoms with Crippen LogP contribution >= 0.6 is 0 Å². The van der Waals surface area contributed by atoms with Crippen LogP contribution in [0.1, 0.15) is 18.9 Å². The summed E-state index contributed by atoms with van der Waals surface area (Å²) >= 11 is 0. The summed E-state index contributed by atoms with van der Waals surface area (Å²) in [5, 5.41) is 2.80. The lowest BCUT2D eigenvalue weighted by Crippen LogP contribution is -2.45. The van der Waals surface area contributed by atoms with Gasteiger partial charge in [-0.15, -0.1) is 0 Å². The number of likely N-dealkylation sites (tertiary alicyclic amines) is 1. The highest BCUT2D eigenvalue weighted by Gasteiger charge is 2.52. The van der Waals surface area contributed by atoms with Crippen molar-refractivity contribution in [3.63, 3.8) is 0 Å². The van der Waals surface area contributed by atoms with Gasteiger partial charge in [-0.25, -0.2) is 4.79 Å². The van der Waals surface area contributed by atoms with E-state index in [0.29, 0.717) is 17.6 Å². The molecule has 2 aromatic carbocycles. The maximum absolute atomic E-state index is 12.4. The van der Waals surface area contributed by atoms with E-state index in [4.69, 9.17) is 4.74 Å². The van der Waals surface area contributed by atoms with Crippen LogP contribution < -0.4 is 19.9 Å². The number of hydrogen-bond acceptors (Lipinski definition) is 5. The van der Waals surface area contributed by atoms with Crippen LogP contribution in [0.15, 0.2) is 42.5 Å². The Morgan fingerprint density at radius 2 is 1.89 bits per heavy atom. The molecule has 0 saturated carbocycles. The standard InChI is InChI=1S/C22H28N4O2/c1-22-12-13-25(4)20(22)26(5)19-11-10-17(14-18(19)22)28-21(27)23-15-6-8-16(9-7-15)24(2)3/h6-11,14,20H,12-13H2,1-5H3,(H,23,27)/t20?,22-/m0/s1. The zero-order valence-electron chi connectivity index (χ0n) is 17.2. The van der Waals surface area contributed by atoms with Crippen molar-refractivity contribution in [1.29, 1.82) is 0 Å². The molecule has 2 heterocycles. The van der Waals surface area contributed by atoms with Crippen LogP contribution in [0.3, 0.4) is 0 Å². The van der Waals surface area contributed by atoms with Crippen LogP contribution in [0.2, 0.25) is 0 Å². The van der Waals surface area contributed by atoms with E-state index < -0.39 is 6.09 Å². The Balaban J connectivity index is 1.49. The first-order valence-electron chi connectivity index (χ1n) is 9.63. The van der Waals surface area contributed by atoms with Crippen LogP contribution in [-0.4, -0.2) is 51.9 Å². The van der Waals surface area contributed by atoms with Gasteiger partial charge < -0.3 is 14.5 Å². The number of nitrogens with zero attached hydrogens (tertiary/aromatic N) is 3. The summed E-state index contributed by atoms with van der Waals surface area (Å²) < 4.78 is 5.58. The average molecular weight is 380 g/mol. The molecule has 0 spiro atoms. The van der Waals surface area contributed by atoms with Gasteiger partial charge in [0.1, 0.15) is 5.75 Å². The number of benzene rings is 2. The molecule has 0 bridgehead atoms. The Bertz CT molecular complexity index is 896. The summed E-state index contributed by atoms with van der Waals surface area (Å²) in [7, 11) is 8.27. The SMILES string of the molecule is CN(C)c1ccc(NC(=O)Oc2ccc3c(c2)[C@]2(C)CCN(C)C2N3C)cc1. The van der Waals surface area contributed by atoms with Crippen LogP contribution in [0, 0.1) is 0 Å². The largest absolute Gasteiger partial charge is 0.417 e. The minimum atomic E-state index is -0.478. The van der Waals surface area contributed by atoms with E-state index in [9.17, 15) is 4.79 Å². The highest BCUT2D eigenvalue weighted by molar-refractivity contribution is 5.86. The van der Waals surface area contributed by atoms with Crippen molar-refractivity contribution >= 4 is 23.2 Å². The molecule has 4 rings (SSSR count). The van der Waals surface area contributed by atoms with Crippen LogP contribution in [0.4, 0.5) is 21.9 Å². The normalized spacial score (nSPS) is 23.3. The fourth-order valence-corrected chi connectivity index (χ4v) is 4.71. The van der Waals surface area contributed by atoms with Gasteiger partial charge in [0.05, 0.1) is 6.17 Å². The van der Waals surface area contributed by atoms with Crippen molar-refractivity contribution in [2.75, 3.05) is 49.9 Å². The van der Waals surface area contributed by atoms with Crippen molar-refractivity contribution in [2.24, 2.45) is 0 Å². The molecule has 6 nitrogen and oxygen atoms in total. The highest BCUT2D eigenvalue weighted by Crippen LogP contribution is 2.51. The van der Waals surface area contributed by atoms with E-state index in [1.54, 1.807) is 0 Å². The zero-order chi connectivity index (χ0) is 20.1. The van der Waals surface area contributed by atoms with E-state index >= 15 is 0 Å². The number of anilines is 3.